The average molecular weight is 275 g/mol. The highest BCUT2D eigenvalue weighted by Crippen LogP contribution is 2.30. The van der Waals surface area contributed by atoms with Crippen LogP contribution in [0.5, 0.6) is 11.5 Å². The van der Waals surface area contributed by atoms with Gasteiger partial charge in [-0.05, 0) is 19.1 Å². The van der Waals surface area contributed by atoms with Gasteiger partial charge in [0.25, 0.3) is 5.91 Å². The highest BCUT2D eigenvalue weighted by atomic mass is 16.5. The summed E-state index contributed by atoms with van der Waals surface area (Å²) in [6.07, 6.45) is 3.36. The van der Waals surface area contributed by atoms with Crippen LogP contribution >= 0.6 is 0 Å². The topological polar surface area (TPSA) is 76.2 Å². The number of aromatic nitrogens is 2. The summed E-state index contributed by atoms with van der Waals surface area (Å²) in [6.45, 7) is 1.85. The second kappa shape index (κ2) is 6.10. The van der Waals surface area contributed by atoms with Crippen LogP contribution in [0.4, 0.5) is 0 Å². The van der Waals surface area contributed by atoms with Crippen molar-refractivity contribution < 1.29 is 14.3 Å². The van der Waals surface area contributed by atoms with Crippen LogP contribution in [0.15, 0.2) is 30.6 Å². The van der Waals surface area contributed by atoms with Crippen molar-refractivity contribution >= 4 is 5.91 Å². The molecule has 106 valence electrons. The summed E-state index contributed by atoms with van der Waals surface area (Å²) in [6, 6.07) is 4.94. The molecule has 1 atom stereocenters. The van der Waals surface area contributed by atoms with Crippen LogP contribution in [0.3, 0.4) is 0 Å². The maximum Gasteiger partial charge on any atom is 0.255 e. The fourth-order valence-corrected chi connectivity index (χ4v) is 1.92. The van der Waals surface area contributed by atoms with Crippen molar-refractivity contribution in [3.8, 4) is 11.5 Å². The summed E-state index contributed by atoms with van der Waals surface area (Å²) < 4.78 is 10.4. The molecule has 2 N–H and O–H groups in total. The van der Waals surface area contributed by atoms with Crippen LogP contribution in [0, 0.1) is 0 Å². The largest absolute Gasteiger partial charge is 0.493 e. The van der Waals surface area contributed by atoms with Crippen LogP contribution < -0.4 is 14.8 Å². The Kier molecular flexibility index (Phi) is 4.24. The number of carbonyl (C=O) groups is 1. The molecule has 2 aromatic rings. The Balaban J connectivity index is 2.21. The smallest absolute Gasteiger partial charge is 0.255 e. The van der Waals surface area contributed by atoms with E-state index < -0.39 is 0 Å². The normalized spacial score (nSPS) is 11.8. The number of ether oxygens (including phenoxy) is 2. The fourth-order valence-electron chi connectivity index (χ4n) is 1.92. The van der Waals surface area contributed by atoms with Gasteiger partial charge in [-0.2, -0.15) is 0 Å². The summed E-state index contributed by atoms with van der Waals surface area (Å²) in [4.78, 5) is 19.4. The van der Waals surface area contributed by atoms with Gasteiger partial charge in [0.15, 0.2) is 11.5 Å². The van der Waals surface area contributed by atoms with E-state index in [2.05, 4.69) is 15.3 Å². The van der Waals surface area contributed by atoms with Crippen LogP contribution in [0.25, 0.3) is 0 Å². The first-order valence-electron chi connectivity index (χ1n) is 6.18. The lowest BCUT2D eigenvalue weighted by atomic mass is 10.1. The predicted molar refractivity (Wildman–Crippen MR) is 74.0 cm³/mol. The number of carbonyl (C=O) groups excluding carboxylic acids is 1. The van der Waals surface area contributed by atoms with E-state index >= 15 is 0 Å². The molecular formula is C14H17N3O3. The highest BCUT2D eigenvalue weighted by molar-refractivity contribution is 5.98. The zero-order valence-electron chi connectivity index (χ0n) is 11.6. The molecular weight excluding hydrogens is 258 g/mol. The van der Waals surface area contributed by atoms with Gasteiger partial charge >= 0.3 is 0 Å². The van der Waals surface area contributed by atoms with Crippen LogP contribution in [-0.2, 0) is 0 Å². The Morgan fingerprint density at radius 3 is 2.75 bits per heavy atom. The highest BCUT2D eigenvalue weighted by Gasteiger charge is 2.19. The summed E-state index contributed by atoms with van der Waals surface area (Å²) in [5, 5.41) is 2.86. The minimum Gasteiger partial charge on any atom is -0.493 e. The number of rotatable bonds is 5. The van der Waals surface area contributed by atoms with Crippen molar-refractivity contribution in [2.24, 2.45) is 0 Å². The van der Waals surface area contributed by atoms with E-state index in [0.29, 0.717) is 22.9 Å². The predicted octanol–water partition coefficient (Wildman–Crippen LogP) is 1.92. The molecule has 0 aliphatic heterocycles. The Morgan fingerprint density at radius 1 is 1.35 bits per heavy atom. The third kappa shape index (κ3) is 2.74. The molecule has 0 fully saturated rings. The standard InChI is InChI=1S/C14H17N3O3/c1-9(13-15-7-8-16-13)17-14(18)10-5-4-6-11(19-2)12(10)20-3/h4-9H,1-3H3,(H,15,16)(H,17,18). The van der Waals surface area contributed by atoms with Crippen molar-refractivity contribution in [1.29, 1.82) is 0 Å². The number of imidazole rings is 1. The molecule has 0 aliphatic carbocycles. The van der Waals surface area contributed by atoms with E-state index in [0.717, 1.165) is 0 Å². The van der Waals surface area contributed by atoms with Crippen molar-refractivity contribution in [1.82, 2.24) is 15.3 Å². The monoisotopic (exact) mass is 275 g/mol. The average Bonchev–Trinajstić information content (AvgIpc) is 3.00. The van der Waals surface area contributed by atoms with Gasteiger partial charge in [-0.3, -0.25) is 4.79 Å². The number of hydrogen-bond acceptors (Lipinski definition) is 4. The Hall–Kier alpha value is -2.50. The van der Waals surface area contributed by atoms with E-state index in [-0.39, 0.29) is 11.9 Å². The summed E-state index contributed by atoms with van der Waals surface area (Å²) >= 11 is 0. The number of methoxy groups -OCH3 is 2. The molecule has 6 heteroatoms. The maximum absolute atomic E-state index is 12.3. The number of para-hydroxylation sites is 1. The number of nitrogens with one attached hydrogen (secondary N) is 2. The van der Waals surface area contributed by atoms with E-state index in [9.17, 15) is 4.79 Å². The molecule has 0 spiro atoms. The first-order valence-corrected chi connectivity index (χ1v) is 6.18. The van der Waals surface area contributed by atoms with Crippen LogP contribution in [-0.4, -0.2) is 30.1 Å². The minimum absolute atomic E-state index is 0.228. The van der Waals surface area contributed by atoms with Crippen molar-refractivity contribution in [2.45, 2.75) is 13.0 Å². The molecule has 0 aliphatic rings. The van der Waals surface area contributed by atoms with Gasteiger partial charge in [0.2, 0.25) is 0 Å². The fraction of sp³-hybridized carbons (Fsp3) is 0.286. The minimum atomic E-state index is -0.246. The third-order valence-electron chi connectivity index (χ3n) is 2.92. The third-order valence-corrected chi connectivity index (χ3v) is 2.92. The summed E-state index contributed by atoms with van der Waals surface area (Å²) in [5.74, 6) is 1.38. The Bertz CT molecular complexity index is 581. The van der Waals surface area contributed by atoms with Gasteiger partial charge < -0.3 is 19.8 Å². The first kappa shape index (κ1) is 13.9. The quantitative estimate of drug-likeness (QED) is 0.874. The lowest BCUT2D eigenvalue weighted by molar-refractivity contribution is 0.0934. The van der Waals surface area contributed by atoms with Crippen molar-refractivity contribution in [3.63, 3.8) is 0 Å². The van der Waals surface area contributed by atoms with Crippen molar-refractivity contribution in [3.05, 3.63) is 42.0 Å². The van der Waals surface area contributed by atoms with Crippen LogP contribution in [0.2, 0.25) is 0 Å². The molecule has 6 nitrogen and oxygen atoms in total. The number of amides is 1. The molecule has 0 saturated carbocycles. The summed E-state index contributed by atoms with van der Waals surface area (Å²) in [7, 11) is 3.04. The number of hydrogen-bond donors (Lipinski definition) is 2. The molecule has 2 rings (SSSR count). The zero-order valence-corrected chi connectivity index (χ0v) is 11.6. The molecule has 1 aromatic carbocycles. The Labute approximate surface area is 117 Å². The number of H-pyrrole nitrogens is 1. The maximum atomic E-state index is 12.3. The van der Waals surface area contributed by atoms with Crippen LogP contribution in [0.1, 0.15) is 29.1 Å². The molecule has 0 saturated heterocycles. The molecule has 1 amide bonds. The van der Waals surface area contributed by atoms with Gasteiger partial charge in [0.1, 0.15) is 5.82 Å². The lowest BCUT2D eigenvalue weighted by Gasteiger charge is -2.15. The number of benzene rings is 1. The summed E-state index contributed by atoms with van der Waals surface area (Å²) in [5.41, 5.74) is 0.422. The van der Waals surface area contributed by atoms with E-state index in [1.54, 1.807) is 30.6 Å². The number of aromatic amines is 1. The lowest BCUT2D eigenvalue weighted by Crippen LogP contribution is -2.27. The number of nitrogens with zero attached hydrogens (tertiary/aromatic N) is 1. The van der Waals surface area contributed by atoms with Gasteiger partial charge in [-0.1, -0.05) is 6.07 Å². The zero-order chi connectivity index (χ0) is 14.5. The van der Waals surface area contributed by atoms with E-state index in [1.165, 1.54) is 14.2 Å². The SMILES string of the molecule is COc1cccc(C(=O)NC(C)c2ncc[nH]2)c1OC. The second-order valence-corrected chi connectivity index (χ2v) is 4.21. The second-order valence-electron chi connectivity index (χ2n) is 4.21. The molecule has 1 aromatic heterocycles. The van der Waals surface area contributed by atoms with E-state index in [4.69, 9.17) is 9.47 Å². The molecule has 20 heavy (non-hydrogen) atoms. The molecule has 1 unspecified atom stereocenters. The van der Waals surface area contributed by atoms with Gasteiger partial charge in [0, 0.05) is 12.4 Å². The van der Waals surface area contributed by atoms with Gasteiger partial charge in [-0.15, -0.1) is 0 Å². The van der Waals surface area contributed by atoms with Gasteiger partial charge in [-0.25, -0.2) is 4.98 Å². The molecule has 0 radical (unpaired) electrons. The molecule has 1 heterocycles. The van der Waals surface area contributed by atoms with E-state index in [1.807, 2.05) is 6.92 Å². The Morgan fingerprint density at radius 2 is 2.15 bits per heavy atom. The van der Waals surface area contributed by atoms with Crippen molar-refractivity contribution in [2.75, 3.05) is 14.2 Å². The van der Waals surface area contributed by atoms with Gasteiger partial charge in [0.05, 0.1) is 25.8 Å². The molecule has 0 bridgehead atoms. The first-order chi connectivity index (χ1) is 9.67.